The molecule has 4 nitrogen and oxygen atoms in total. The van der Waals surface area contributed by atoms with E-state index in [0.29, 0.717) is 17.5 Å². The zero-order valence-corrected chi connectivity index (χ0v) is 30.7. The fourth-order valence-corrected chi connectivity index (χ4v) is 9.59. The molecule has 12 aromatic rings. The van der Waals surface area contributed by atoms with Gasteiger partial charge in [0.05, 0.1) is 0 Å². The van der Waals surface area contributed by atoms with Gasteiger partial charge in [-0.05, 0) is 79.8 Å². The van der Waals surface area contributed by atoms with Gasteiger partial charge in [-0.25, -0.2) is 15.0 Å². The van der Waals surface area contributed by atoms with E-state index in [1.54, 1.807) is 0 Å². The zero-order chi connectivity index (χ0) is 36.7. The maximum atomic E-state index is 6.63. The molecule has 0 saturated heterocycles. The van der Waals surface area contributed by atoms with Crippen LogP contribution in [-0.4, -0.2) is 15.0 Å². The highest BCUT2D eigenvalue weighted by Crippen LogP contribution is 2.44. The van der Waals surface area contributed by atoms with E-state index in [4.69, 9.17) is 19.4 Å². The standard InChI is InChI=1S/C51H29N3OS/c1-2-12-33(13-3-1)49-52-50(35-23-22-32-21-20-30-10-4-6-14-36(30)40(32)29-35)54-51(53-49)39-17-9-19-43-48(39)47-38(16-8-18-42(47)55-43)34-25-26-44-41(28-34)46-37-15-7-5-11-31(37)24-27-45(46)56-44/h1-29H. The second-order valence-electron chi connectivity index (χ2n) is 14.3. The number of thiophene rings is 1. The van der Waals surface area contributed by atoms with Crippen molar-refractivity contribution in [2.45, 2.75) is 0 Å². The molecule has 3 heterocycles. The lowest BCUT2D eigenvalue weighted by Gasteiger charge is -2.11. The molecular weight excluding hydrogens is 703 g/mol. The van der Waals surface area contributed by atoms with Gasteiger partial charge >= 0.3 is 0 Å². The molecule has 0 N–H and O–H groups in total. The van der Waals surface area contributed by atoms with Crippen LogP contribution in [0.25, 0.3) is 120 Å². The number of nitrogens with zero attached hydrogens (tertiary/aromatic N) is 3. The molecule has 0 aliphatic heterocycles. The zero-order valence-electron chi connectivity index (χ0n) is 29.9. The minimum atomic E-state index is 0.598. The smallest absolute Gasteiger partial charge is 0.164 e. The lowest BCUT2D eigenvalue weighted by molar-refractivity contribution is 0.669. The van der Waals surface area contributed by atoms with Crippen LogP contribution in [0.4, 0.5) is 0 Å². The summed E-state index contributed by atoms with van der Waals surface area (Å²) in [6.45, 7) is 0. The molecular formula is C51H29N3OS. The summed E-state index contributed by atoms with van der Waals surface area (Å²) >= 11 is 1.85. The van der Waals surface area contributed by atoms with Crippen molar-refractivity contribution in [1.29, 1.82) is 0 Å². The summed E-state index contributed by atoms with van der Waals surface area (Å²) in [5, 5.41) is 11.9. The van der Waals surface area contributed by atoms with E-state index in [0.717, 1.165) is 49.8 Å². The summed E-state index contributed by atoms with van der Waals surface area (Å²) in [5.74, 6) is 1.84. The molecule has 12 rings (SSSR count). The number of hydrogen-bond acceptors (Lipinski definition) is 5. The molecule has 0 aliphatic rings. The topological polar surface area (TPSA) is 51.8 Å². The summed E-state index contributed by atoms with van der Waals surface area (Å²) in [7, 11) is 0. The molecule has 5 heteroatoms. The largest absolute Gasteiger partial charge is 0.456 e. The predicted octanol–water partition coefficient (Wildman–Crippen LogP) is 14.3. The SMILES string of the molecule is c1ccc(-c2nc(-c3ccc4ccc5ccccc5c4c3)nc(-c3cccc4oc5cccc(-c6ccc7sc8ccc9ccccc9c8c7c6)c5c34)n2)cc1. The Hall–Kier alpha value is -7.21. The lowest BCUT2D eigenvalue weighted by atomic mass is 9.95. The van der Waals surface area contributed by atoms with Crippen molar-refractivity contribution < 1.29 is 4.42 Å². The average molecular weight is 732 g/mol. The second kappa shape index (κ2) is 12.2. The Labute approximate surface area is 325 Å². The first-order valence-corrected chi connectivity index (χ1v) is 19.6. The predicted molar refractivity (Wildman–Crippen MR) is 234 cm³/mol. The number of furan rings is 1. The summed E-state index contributed by atoms with van der Waals surface area (Å²) in [5.41, 5.74) is 6.62. The van der Waals surface area contributed by atoms with Gasteiger partial charge < -0.3 is 4.42 Å². The van der Waals surface area contributed by atoms with E-state index >= 15 is 0 Å². The Morgan fingerprint density at radius 3 is 1.73 bits per heavy atom. The second-order valence-corrected chi connectivity index (χ2v) is 15.4. The van der Waals surface area contributed by atoms with E-state index in [1.807, 2.05) is 41.7 Å². The fraction of sp³-hybridized carbons (Fsp3) is 0. The van der Waals surface area contributed by atoms with Gasteiger partial charge in [0, 0.05) is 47.6 Å². The van der Waals surface area contributed by atoms with Crippen LogP contribution in [0, 0.1) is 0 Å². The van der Waals surface area contributed by atoms with E-state index in [9.17, 15) is 0 Å². The van der Waals surface area contributed by atoms with Gasteiger partial charge in [-0.2, -0.15) is 0 Å². The summed E-state index contributed by atoms with van der Waals surface area (Å²) in [6.07, 6.45) is 0. The third kappa shape index (κ3) is 4.81. The van der Waals surface area contributed by atoms with E-state index in [1.165, 1.54) is 52.5 Å². The number of aromatic nitrogens is 3. The first-order chi connectivity index (χ1) is 27.7. The van der Waals surface area contributed by atoms with Gasteiger partial charge in [0.1, 0.15) is 11.2 Å². The van der Waals surface area contributed by atoms with Crippen molar-refractivity contribution in [1.82, 2.24) is 15.0 Å². The molecule has 0 spiro atoms. The van der Waals surface area contributed by atoms with Crippen molar-refractivity contribution in [2.75, 3.05) is 0 Å². The molecule has 9 aromatic carbocycles. The van der Waals surface area contributed by atoms with Gasteiger partial charge in [0.15, 0.2) is 17.5 Å². The van der Waals surface area contributed by atoms with Crippen LogP contribution >= 0.6 is 11.3 Å². The normalized spacial score (nSPS) is 11.9. The van der Waals surface area contributed by atoms with Gasteiger partial charge in [0.2, 0.25) is 0 Å². The Balaban J connectivity index is 1.10. The van der Waals surface area contributed by atoms with Gasteiger partial charge in [-0.3, -0.25) is 0 Å². The van der Waals surface area contributed by atoms with Crippen molar-refractivity contribution in [3.05, 3.63) is 176 Å². The minimum absolute atomic E-state index is 0.598. The highest BCUT2D eigenvalue weighted by molar-refractivity contribution is 7.26. The third-order valence-electron chi connectivity index (χ3n) is 11.1. The number of hydrogen-bond donors (Lipinski definition) is 0. The van der Waals surface area contributed by atoms with Crippen LogP contribution in [0.5, 0.6) is 0 Å². The van der Waals surface area contributed by atoms with Crippen molar-refractivity contribution >= 4 is 85.8 Å². The Morgan fingerprint density at radius 2 is 0.911 bits per heavy atom. The first kappa shape index (κ1) is 31.2. The van der Waals surface area contributed by atoms with Gasteiger partial charge in [-0.1, -0.05) is 140 Å². The van der Waals surface area contributed by atoms with Crippen LogP contribution in [0.1, 0.15) is 0 Å². The molecule has 0 unspecified atom stereocenters. The Morgan fingerprint density at radius 1 is 0.339 bits per heavy atom. The van der Waals surface area contributed by atoms with Gasteiger partial charge in [0.25, 0.3) is 0 Å². The van der Waals surface area contributed by atoms with E-state index in [2.05, 4.69) is 146 Å². The van der Waals surface area contributed by atoms with Crippen LogP contribution < -0.4 is 0 Å². The van der Waals surface area contributed by atoms with Crippen LogP contribution in [0.15, 0.2) is 180 Å². The molecule has 0 amide bonds. The van der Waals surface area contributed by atoms with Crippen LogP contribution in [0.2, 0.25) is 0 Å². The highest BCUT2D eigenvalue weighted by atomic mass is 32.1. The lowest BCUT2D eigenvalue weighted by Crippen LogP contribution is -2.00. The molecule has 0 aliphatic carbocycles. The monoisotopic (exact) mass is 731 g/mol. The molecule has 56 heavy (non-hydrogen) atoms. The Bertz CT molecular complexity index is 3550. The quantitative estimate of drug-likeness (QED) is 0.169. The molecule has 3 aromatic heterocycles. The summed E-state index contributed by atoms with van der Waals surface area (Å²) in [6, 6.07) is 62.1. The van der Waals surface area contributed by atoms with Crippen molar-refractivity contribution in [2.24, 2.45) is 0 Å². The summed E-state index contributed by atoms with van der Waals surface area (Å²) in [4.78, 5) is 15.6. The number of rotatable bonds is 4. The molecule has 0 bridgehead atoms. The van der Waals surface area contributed by atoms with E-state index in [-0.39, 0.29) is 0 Å². The number of fused-ring (bicyclic) bond motifs is 11. The Kier molecular flexibility index (Phi) is 6.76. The average Bonchev–Trinajstić information content (AvgIpc) is 3.85. The molecule has 0 atom stereocenters. The van der Waals surface area contributed by atoms with Crippen molar-refractivity contribution in [3.63, 3.8) is 0 Å². The maximum absolute atomic E-state index is 6.63. The third-order valence-corrected chi connectivity index (χ3v) is 12.2. The fourth-order valence-electron chi connectivity index (χ4n) is 8.49. The maximum Gasteiger partial charge on any atom is 0.164 e. The van der Waals surface area contributed by atoms with Crippen LogP contribution in [-0.2, 0) is 0 Å². The number of benzene rings is 9. The molecule has 0 saturated carbocycles. The highest BCUT2D eigenvalue weighted by Gasteiger charge is 2.21. The first-order valence-electron chi connectivity index (χ1n) is 18.8. The van der Waals surface area contributed by atoms with Gasteiger partial charge in [-0.15, -0.1) is 11.3 Å². The van der Waals surface area contributed by atoms with Crippen LogP contribution in [0.3, 0.4) is 0 Å². The molecule has 260 valence electrons. The van der Waals surface area contributed by atoms with E-state index < -0.39 is 0 Å². The molecule has 0 radical (unpaired) electrons. The summed E-state index contributed by atoms with van der Waals surface area (Å²) < 4.78 is 9.20. The van der Waals surface area contributed by atoms with Crippen molar-refractivity contribution in [3.8, 4) is 45.3 Å². The minimum Gasteiger partial charge on any atom is -0.456 e. The molecule has 0 fully saturated rings.